The summed E-state index contributed by atoms with van der Waals surface area (Å²) in [6, 6.07) is 13.4. The molecule has 2 aromatic carbocycles. The summed E-state index contributed by atoms with van der Waals surface area (Å²) in [6.45, 7) is 0.717. The Morgan fingerprint density at radius 3 is 2.75 bits per heavy atom. The molecule has 1 atom stereocenters. The Bertz CT molecular complexity index is 619. The van der Waals surface area contributed by atoms with E-state index in [0.717, 1.165) is 22.7 Å². The fraction of sp³-hybridized carbons (Fsp3) is 0.200. The van der Waals surface area contributed by atoms with Crippen molar-refractivity contribution in [3.63, 3.8) is 0 Å². The minimum absolute atomic E-state index is 0.0376. The Hall–Kier alpha value is -1.91. The summed E-state index contributed by atoms with van der Waals surface area (Å²) in [5.41, 5.74) is 7.77. The van der Waals surface area contributed by atoms with Crippen molar-refractivity contribution in [3.8, 4) is 11.5 Å². The average Bonchev–Trinajstić information content (AvgIpc) is 2.94. The van der Waals surface area contributed by atoms with Crippen molar-refractivity contribution in [2.24, 2.45) is 5.73 Å². The van der Waals surface area contributed by atoms with Gasteiger partial charge >= 0.3 is 0 Å². The molecule has 0 saturated heterocycles. The van der Waals surface area contributed by atoms with Crippen molar-refractivity contribution < 1.29 is 9.47 Å². The normalized spacial score (nSPS) is 14.1. The van der Waals surface area contributed by atoms with Crippen LogP contribution in [0.25, 0.3) is 0 Å². The summed E-state index contributed by atoms with van der Waals surface area (Å²) >= 11 is 6.16. The molecular weight excluding hydrogens is 276 g/mol. The molecule has 0 radical (unpaired) electrons. The lowest BCUT2D eigenvalue weighted by atomic mass is 10.1. The second-order valence-electron chi connectivity index (χ2n) is 4.53. The van der Waals surface area contributed by atoms with Crippen molar-refractivity contribution in [2.75, 3.05) is 18.7 Å². The molecule has 2 aromatic rings. The van der Waals surface area contributed by atoms with Gasteiger partial charge in [-0.1, -0.05) is 29.8 Å². The third-order valence-electron chi connectivity index (χ3n) is 3.24. The van der Waals surface area contributed by atoms with Crippen LogP contribution < -0.4 is 20.5 Å². The number of anilines is 1. The SMILES string of the molecule is NCC(Nc1ccccc1Cl)c1ccc2c(c1)OCO2. The summed E-state index contributed by atoms with van der Waals surface area (Å²) in [7, 11) is 0. The first kappa shape index (κ1) is 13.1. The first-order valence-corrected chi connectivity index (χ1v) is 6.76. The molecule has 1 heterocycles. The first-order chi connectivity index (χ1) is 9.78. The number of fused-ring (bicyclic) bond motifs is 1. The zero-order valence-electron chi connectivity index (χ0n) is 10.8. The second-order valence-corrected chi connectivity index (χ2v) is 4.93. The van der Waals surface area contributed by atoms with Crippen LogP contribution in [0.1, 0.15) is 11.6 Å². The number of halogens is 1. The summed E-state index contributed by atoms with van der Waals surface area (Å²) in [6.07, 6.45) is 0. The maximum Gasteiger partial charge on any atom is 0.231 e. The molecule has 0 amide bonds. The summed E-state index contributed by atoms with van der Waals surface area (Å²) in [5, 5.41) is 4.02. The number of hydrogen-bond donors (Lipinski definition) is 2. The number of nitrogens with one attached hydrogen (secondary N) is 1. The Kier molecular flexibility index (Phi) is 3.67. The van der Waals surface area contributed by atoms with Gasteiger partial charge in [-0.05, 0) is 29.8 Å². The highest BCUT2D eigenvalue weighted by Crippen LogP contribution is 2.35. The van der Waals surface area contributed by atoms with Crippen molar-refractivity contribution in [3.05, 3.63) is 53.1 Å². The predicted molar refractivity (Wildman–Crippen MR) is 79.4 cm³/mol. The molecule has 0 fully saturated rings. The van der Waals surface area contributed by atoms with E-state index in [1.54, 1.807) is 0 Å². The standard InChI is InChI=1S/C15H15ClN2O2/c16-11-3-1-2-4-12(11)18-13(8-17)10-5-6-14-15(7-10)20-9-19-14/h1-7,13,18H,8-9,17H2. The number of hydrogen-bond acceptors (Lipinski definition) is 4. The molecule has 0 bridgehead atoms. The van der Waals surface area contributed by atoms with Crippen molar-refractivity contribution in [1.29, 1.82) is 0 Å². The molecule has 0 aromatic heterocycles. The number of rotatable bonds is 4. The Labute approximate surface area is 122 Å². The Balaban J connectivity index is 1.85. The van der Waals surface area contributed by atoms with Crippen LogP contribution in [0.15, 0.2) is 42.5 Å². The van der Waals surface area contributed by atoms with Crippen LogP contribution in [-0.2, 0) is 0 Å². The molecule has 1 aliphatic heterocycles. The minimum Gasteiger partial charge on any atom is -0.454 e. The molecule has 0 spiro atoms. The molecule has 20 heavy (non-hydrogen) atoms. The van der Waals surface area contributed by atoms with Crippen molar-refractivity contribution >= 4 is 17.3 Å². The summed E-state index contributed by atoms with van der Waals surface area (Å²) in [4.78, 5) is 0. The largest absolute Gasteiger partial charge is 0.454 e. The smallest absolute Gasteiger partial charge is 0.231 e. The maximum atomic E-state index is 6.16. The topological polar surface area (TPSA) is 56.5 Å². The third-order valence-corrected chi connectivity index (χ3v) is 3.57. The monoisotopic (exact) mass is 290 g/mol. The number of para-hydroxylation sites is 1. The van der Waals surface area contributed by atoms with E-state index in [0.29, 0.717) is 11.6 Å². The zero-order valence-corrected chi connectivity index (χ0v) is 11.6. The lowest BCUT2D eigenvalue weighted by molar-refractivity contribution is 0.174. The van der Waals surface area contributed by atoms with Gasteiger partial charge in [0, 0.05) is 6.54 Å². The van der Waals surface area contributed by atoms with Gasteiger partial charge < -0.3 is 20.5 Å². The van der Waals surface area contributed by atoms with Gasteiger partial charge in [-0.15, -0.1) is 0 Å². The van der Waals surface area contributed by atoms with E-state index in [1.165, 1.54) is 0 Å². The molecular formula is C15H15ClN2O2. The van der Waals surface area contributed by atoms with E-state index in [2.05, 4.69) is 5.32 Å². The lowest BCUT2D eigenvalue weighted by Gasteiger charge is -2.19. The number of nitrogens with two attached hydrogens (primary N) is 1. The highest BCUT2D eigenvalue weighted by atomic mass is 35.5. The van der Waals surface area contributed by atoms with Crippen LogP contribution in [0, 0.1) is 0 Å². The minimum atomic E-state index is -0.0376. The molecule has 0 aliphatic carbocycles. The maximum absolute atomic E-state index is 6.16. The van der Waals surface area contributed by atoms with Crippen molar-refractivity contribution in [2.45, 2.75) is 6.04 Å². The van der Waals surface area contributed by atoms with Gasteiger partial charge in [0.1, 0.15) is 0 Å². The van der Waals surface area contributed by atoms with Crippen LogP contribution in [0.4, 0.5) is 5.69 Å². The highest BCUT2D eigenvalue weighted by Gasteiger charge is 2.17. The van der Waals surface area contributed by atoms with Crippen molar-refractivity contribution in [1.82, 2.24) is 0 Å². The van der Waals surface area contributed by atoms with Crippen LogP contribution in [-0.4, -0.2) is 13.3 Å². The molecule has 0 saturated carbocycles. The molecule has 1 aliphatic rings. The molecule has 5 heteroatoms. The van der Waals surface area contributed by atoms with Gasteiger partial charge in [-0.25, -0.2) is 0 Å². The van der Waals surface area contributed by atoms with Crippen LogP contribution in [0.3, 0.4) is 0 Å². The zero-order chi connectivity index (χ0) is 13.9. The van der Waals surface area contributed by atoms with E-state index in [-0.39, 0.29) is 12.8 Å². The van der Waals surface area contributed by atoms with E-state index in [9.17, 15) is 0 Å². The fourth-order valence-electron chi connectivity index (χ4n) is 2.17. The first-order valence-electron chi connectivity index (χ1n) is 6.38. The quantitative estimate of drug-likeness (QED) is 0.908. The highest BCUT2D eigenvalue weighted by molar-refractivity contribution is 6.33. The fourth-order valence-corrected chi connectivity index (χ4v) is 2.36. The lowest BCUT2D eigenvalue weighted by Crippen LogP contribution is -2.20. The van der Waals surface area contributed by atoms with E-state index < -0.39 is 0 Å². The number of ether oxygens (including phenoxy) is 2. The molecule has 104 valence electrons. The Morgan fingerprint density at radius 2 is 1.95 bits per heavy atom. The molecule has 3 N–H and O–H groups in total. The molecule has 1 unspecified atom stereocenters. The molecule has 4 nitrogen and oxygen atoms in total. The van der Waals surface area contributed by atoms with E-state index in [4.69, 9.17) is 26.8 Å². The van der Waals surface area contributed by atoms with E-state index >= 15 is 0 Å². The van der Waals surface area contributed by atoms with Gasteiger partial charge in [0.25, 0.3) is 0 Å². The van der Waals surface area contributed by atoms with Crippen LogP contribution in [0.5, 0.6) is 11.5 Å². The Morgan fingerprint density at radius 1 is 1.15 bits per heavy atom. The summed E-state index contributed by atoms with van der Waals surface area (Å²) < 4.78 is 10.7. The average molecular weight is 291 g/mol. The second kappa shape index (κ2) is 5.61. The van der Waals surface area contributed by atoms with Gasteiger partial charge in [0.15, 0.2) is 11.5 Å². The van der Waals surface area contributed by atoms with Gasteiger partial charge in [-0.3, -0.25) is 0 Å². The number of benzene rings is 2. The van der Waals surface area contributed by atoms with Crippen LogP contribution >= 0.6 is 11.6 Å². The van der Waals surface area contributed by atoms with Gasteiger partial charge in [-0.2, -0.15) is 0 Å². The van der Waals surface area contributed by atoms with Gasteiger partial charge in [0.05, 0.1) is 16.8 Å². The third kappa shape index (κ3) is 2.53. The van der Waals surface area contributed by atoms with E-state index in [1.807, 2.05) is 42.5 Å². The van der Waals surface area contributed by atoms with Gasteiger partial charge in [0.2, 0.25) is 6.79 Å². The summed E-state index contributed by atoms with van der Waals surface area (Å²) in [5.74, 6) is 1.52. The van der Waals surface area contributed by atoms with Crippen LogP contribution in [0.2, 0.25) is 5.02 Å². The predicted octanol–water partition coefficient (Wildman–Crippen LogP) is 3.18. The molecule has 3 rings (SSSR count).